The van der Waals surface area contributed by atoms with Gasteiger partial charge in [-0.1, -0.05) is 17.7 Å². The molecule has 44 heavy (non-hydrogen) atoms. The number of benzene rings is 1. The molecule has 14 nitrogen and oxygen atoms in total. The zero-order chi connectivity index (χ0) is 33.0. The normalized spacial score (nSPS) is 19.0. The lowest BCUT2D eigenvalue weighted by Gasteiger charge is -2.22. The van der Waals surface area contributed by atoms with E-state index in [4.69, 9.17) is 27.9 Å². The lowest BCUT2D eigenvalue weighted by Crippen LogP contribution is -2.47. The Morgan fingerprint density at radius 3 is 2.16 bits per heavy atom. The molecule has 15 heteroatoms. The van der Waals surface area contributed by atoms with E-state index in [-0.39, 0.29) is 36.7 Å². The first-order valence-corrected chi connectivity index (χ1v) is 15.4. The van der Waals surface area contributed by atoms with Gasteiger partial charge in [0.25, 0.3) is 15.7 Å². The van der Waals surface area contributed by atoms with Crippen molar-refractivity contribution >= 4 is 22.4 Å². The molecule has 0 spiro atoms. The second kappa shape index (κ2) is 13.6. The van der Waals surface area contributed by atoms with Crippen LogP contribution in [-0.4, -0.2) is 73.0 Å². The molecule has 1 fully saturated rings. The van der Waals surface area contributed by atoms with Crippen LogP contribution in [-0.2, 0) is 38.0 Å². The topological polar surface area (TPSA) is 168 Å². The monoisotopic (exact) mass is 640 g/mol. The Labute approximate surface area is 255 Å². The van der Waals surface area contributed by atoms with Gasteiger partial charge in [-0.15, -0.1) is 0 Å². The molecule has 1 aromatic carbocycles. The van der Waals surface area contributed by atoms with Crippen LogP contribution >= 0.6 is 0 Å². The third-order valence-electron chi connectivity index (χ3n) is 6.07. The molecule has 1 saturated heterocycles. The van der Waals surface area contributed by atoms with E-state index < -0.39 is 63.3 Å². The number of aromatic nitrogens is 2. The molecular formula is C29H40N2O12S. The van der Waals surface area contributed by atoms with Crippen LogP contribution in [0.1, 0.15) is 65.3 Å². The fourth-order valence-corrected chi connectivity index (χ4v) is 5.01. The molecule has 0 unspecified atom stereocenters. The molecule has 2 heterocycles. The second-order valence-electron chi connectivity index (χ2n) is 12.3. The number of ether oxygens (including phenoxy) is 5. The number of rotatable bonds is 9. The van der Waals surface area contributed by atoms with Gasteiger partial charge in [-0.3, -0.25) is 13.5 Å². The number of aryl methyl sites for hydroxylation is 2. The van der Waals surface area contributed by atoms with Crippen molar-refractivity contribution in [2.45, 2.75) is 96.3 Å². The first kappa shape index (κ1) is 35.0. The maximum absolute atomic E-state index is 13.3. The minimum absolute atomic E-state index is 0.00847. The molecule has 244 valence electrons. The molecule has 0 aliphatic carbocycles. The summed E-state index contributed by atoms with van der Waals surface area (Å²) in [4.78, 5) is 51.0. The Kier molecular flexibility index (Phi) is 10.8. The average molecular weight is 641 g/mol. The summed E-state index contributed by atoms with van der Waals surface area (Å²) in [6.07, 6.45) is -3.64. The van der Waals surface area contributed by atoms with Gasteiger partial charge in [-0.2, -0.15) is 13.0 Å². The fourth-order valence-electron chi connectivity index (χ4n) is 4.12. The van der Waals surface area contributed by atoms with Gasteiger partial charge in [0.1, 0.15) is 30.1 Å². The molecule has 1 aliphatic rings. The highest BCUT2D eigenvalue weighted by Crippen LogP contribution is 2.30. The van der Waals surface area contributed by atoms with Crippen molar-refractivity contribution in [3.63, 3.8) is 0 Å². The maximum atomic E-state index is 13.3. The van der Waals surface area contributed by atoms with Crippen LogP contribution in [0.15, 0.2) is 44.9 Å². The van der Waals surface area contributed by atoms with E-state index >= 15 is 0 Å². The summed E-state index contributed by atoms with van der Waals surface area (Å²) in [7, 11) is -4.04. The molecule has 0 saturated carbocycles. The van der Waals surface area contributed by atoms with E-state index in [1.165, 1.54) is 25.3 Å². The molecule has 1 aliphatic heterocycles. The van der Waals surface area contributed by atoms with Gasteiger partial charge in [-0.25, -0.2) is 14.4 Å². The van der Waals surface area contributed by atoms with Crippen LogP contribution in [0, 0.1) is 13.8 Å². The van der Waals surface area contributed by atoms with E-state index in [1.54, 1.807) is 53.7 Å². The van der Waals surface area contributed by atoms with Gasteiger partial charge < -0.3 is 23.7 Å². The highest BCUT2D eigenvalue weighted by Gasteiger charge is 2.39. The summed E-state index contributed by atoms with van der Waals surface area (Å²) in [5, 5.41) is 0. The van der Waals surface area contributed by atoms with Crippen LogP contribution in [0.2, 0.25) is 0 Å². The summed E-state index contributed by atoms with van der Waals surface area (Å²) >= 11 is 0. The van der Waals surface area contributed by atoms with E-state index in [0.717, 1.165) is 10.1 Å². The molecule has 0 N–H and O–H groups in total. The number of nitrogens with zero attached hydrogens (tertiary/aromatic N) is 2. The Morgan fingerprint density at radius 1 is 0.955 bits per heavy atom. The van der Waals surface area contributed by atoms with E-state index in [2.05, 4.69) is 0 Å². The minimum atomic E-state index is -4.04. The van der Waals surface area contributed by atoms with Crippen LogP contribution in [0.4, 0.5) is 9.59 Å². The third-order valence-corrected chi connectivity index (χ3v) is 7.40. The number of hydrogen-bond donors (Lipinski definition) is 0. The highest BCUT2D eigenvalue weighted by molar-refractivity contribution is 7.86. The van der Waals surface area contributed by atoms with Crippen molar-refractivity contribution in [2.24, 2.45) is 0 Å². The van der Waals surface area contributed by atoms with E-state index in [9.17, 15) is 27.6 Å². The Balaban J connectivity index is 1.80. The predicted molar refractivity (Wildman–Crippen MR) is 156 cm³/mol. The summed E-state index contributed by atoms with van der Waals surface area (Å²) < 4.78 is 59.1. The zero-order valence-corrected chi connectivity index (χ0v) is 27.0. The SMILES string of the molecule is Cc1ccc(S(=O)(=O)OCCO[C@@H]2C[C@H](n3cc(C)c(=O)n(C(=O)OC(C)(C)C)c3=O)O[C@@H]2COC(=O)OC(C)(C)C)cc1. The highest BCUT2D eigenvalue weighted by atomic mass is 32.2. The lowest BCUT2D eigenvalue weighted by molar-refractivity contribution is -0.0823. The first-order chi connectivity index (χ1) is 20.3. The van der Waals surface area contributed by atoms with E-state index in [0.29, 0.717) is 4.57 Å². The van der Waals surface area contributed by atoms with Crippen molar-refractivity contribution in [3.8, 4) is 0 Å². The molecule has 1 aromatic heterocycles. The Morgan fingerprint density at radius 2 is 1.57 bits per heavy atom. The quantitative estimate of drug-likeness (QED) is 0.223. The second-order valence-corrected chi connectivity index (χ2v) is 13.9. The molecule has 0 amide bonds. The molecule has 0 radical (unpaired) electrons. The largest absolute Gasteiger partial charge is 0.508 e. The van der Waals surface area contributed by atoms with Crippen LogP contribution in [0.3, 0.4) is 0 Å². The number of carbonyl (C=O) groups excluding carboxylic acids is 2. The van der Waals surface area contributed by atoms with Crippen LogP contribution < -0.4 is 11.2 Å². The molecule has 3 atom stereocenters. The molecule has 3 rings (SSSR count). The van der Waals surface area contributed by atoms with Gasteiger partial charge in [0.05, 0.1) is 24.2 Å². The molecular weight excluding hydrogens is 600 g/mol. The first-order valence-electron chi connectivity index (χ1n) is 13.9. The van der Waals surface area contributed by atoms with Crippen molar-refractivity contribution in [1.29, 1.82) is 0 Å². The number of hydrogen-bond acceptors (Lipinski definition) is 12. The zero-order valence-electron chi connectivity index (χ0n) is 26.1. The van der Waals surface area contributed by atoms with Crippen molar-refractivity contribution in [1.82, 2.24) is 9.13 Å². The van der Waals surface area contributed by atoms with Gasteiger partial charge in [0.15, 0.2) is 0 Å². The number of carbonyl (C=O) groups is 2. The van der Waals surface area contributed by atoms with E-state index in [1.807, 2.05) is 6.92 Å². The average Bonchev–Trinajstić information content (AvgIpc) is 3.28. The maximum Gasteiger partial charge on any atom is 0.508 e. The summed E-state index contributed by atoms with van der Waals surface area (Å²) in [6, 6.07) is 6.16. The fraction of sp³-hybridized carbons (Fsp3) is 0.586. The third kappa shape index (κ3) is 9.48. The van der Waals surface area contributed by atoms with Crippen molar-refractivity contribution in [2.75, 3.05) is 19.8 Å². The van der Waals surface area contributed by atoms with Crippen molar-refractivity contribution in [3.05, 3.63) is 62.4 Å². The summed E-state index contributed by atoms with van der Waals surface area (Å²) in [6.45, 7) is 12.2. The predicted octanol–water partition coefficient (Wildman–Crippen LogP) is 3.44. The summed E-state index contributed by atoms with van der Waals surface area (Å²) in [5.74, 6) is 0. The van der Waals surface area contributed by atoms with Gasteiger partial charge in [0, 0.05) is 18.2 Å². The minimum Gasteiger partial charge on any atom is -0.443 e. The Hall–Kier alpha value is -3.53. The molecule has 2 aromatic rings. The summed E-state index contributed by atoms with van der Waals surface area (Å²) in [5.41, 5.74) is -2.67. The van der Waals surface area contributed by atoms with Crippen LogP contribution in [0.25, 0.3) is 0 Å². The van der Waals surface area contributed by atoms with Crippen LogP contribution in [0.5, 0.6) is 0 Å². The lowest BCUT2D eigenvalue weighted by atomic mass is 10.2. The Bertz CT molecular complexity index is 1560. The van der Waals surface area contributed by atoms with Gasteiger partial charge >= 0.3 is 17.9 Å². The van der Waals surface area contributed by atoms with Gasteiger partial charge in [0.2, 0.25) is 0 Å². The van der Waals surface area contributed by atoms with Crippen molar-refractivity contribution < 1.29 is 45.9 Å². The smallest absolute Gasteiger partial charge is 0.443 e. The van der Waals surface area contributed by atoms with Gasteiger partial charge in [-0.05, 0) is 67.5 Å². The standard InChI is InChI=1S/C29H40N2O12S/c1-18-9-11-20(12-10-18)44(36,37)40-14-13-38-21-15-23(41-22(21)17-39-27(35)43-29(6,7)8)30-16-19(2)24(32)31(25(30)33)26(34)42-28(3,4)5/h9-12,16,21-23H,13-15,17H2,1-8H3/t21-,22-,23-/m1/s1. The molecule has 0 bridgehead atoms.